The van der Waals surface area contributed by atoms with Gasteiger partial charge < -0.3 is 4.90 Å². The van der Waals surface area contributed by atoms with Gasteiger partial charge in [0.15, 0.2) is 0 Å². The maximum atomic E-state index is 12.7. The zero-order valence-electron chi connectivity index (χ0n) is 20.8. The molecule has 3 rings (SSSR count). The lowest BCUT2D eigenvalue weighted by Crippen LogP contribution is -2.30. The highest BCUT2D eigenvalue weighted by atomic mass is 32.2. The molecule has 2 aromatic rings. The maximum absolute atomic E-state index is 12.7. The van der Waals surface area contributed by atoms with Crippen LogP contribution < -0.4 is 0 Å². The molecular formula is C28H41NO3S. The summed E-state index contributed by atoms with van der Waals surface area (Å²) in [5.74, 6) is 1.18. The monoisotopic (exact) mass is 471 g/mol. The van der Waals surface area contributed by atoms with Gasteiger partial charge in [0.2, 0.25) is 0 Å². The van der Waals surface area contributed by atoms with Crippen molar-refractivity contribution in [1.29, 1.82) is 0 Å². The van der Waals surface area contributed by atoms with Crippen LogP contribution in [0.3, 0.4) is 0 Å². The number of benzene rings is 2. The number of hydrogen-bond donors (Lipinski definition) is 0. The topological polar surface area (TPSA) is 46.6 Å². The summed E-state index contributed by atoms with van der Waals surface area (Å²) in [5, 5.41) is 0. The first kappa shape index (κ1) is 25.9. The molecule has 0 radical (unpaired) electrons. The van der Waals surface area contributed by atoms with Gasteiger partial charge in [-0.2, -0.15) is 8.42 Å². The van der Waals surface area contributed by atoms with E-state index < -0.39 is 10.1 Å². The molecule has 1 saturated heterocycles. The van der Waals surface area contributed by atoms with Crippen LogP contribution in [0.5, 0.6) is 0 Å². The summed E-state index contributed by atoms with van der Waals surface area (Å²) in [6.07, 6.45) is 6.90. The first-order valence-corrected chi connectivity index (χ1v) is 13.7. The minimum atomic E-state index is -3.74. The molecule has 182 valence electrons. The second-order valence-corrected chi connectivity index (χ2v) is 12.4. The molecule has 2 unspecified atom stereocenters. The highest BCUT2D eigenvalue weighted by molar-refractivity contribution is 7.86. The standard InChI is InChI=1S/C28H41NO3S/c1-23-13-15-27(16-14-23)33(30,31)32-22-28(2,3)20-25-12-8-9-17-29(4)21-26(19-25)18-24-10-6-5-7-11-24/h5-7,10-11,13-16,25-26H,8-9,12,17-22H2,1-4H3. The van der Waals surface area contributed by atoms with Gasteiger partial charge in [-0.3, -0.25) is 4.18 Å². The van der Waals surface area contributed by atoms with Crippen molar-refractivity contribution in [3.63, 3.8) is 0 Å². The van der Waals surface area contributed by atoms with Gasteiger partial charge in [-0.25, -0.2) is 0 Å². The first-order valence-electron chi connectivity index (χ1n) is 12.3. The summed E-state index contributed by atoms with van der Waals surface area (Å²) in [6, 6.07) is 17.7. The zero-order valence-corrected chi connectivity index (χ0v) is 21.6. The van der Waals surface area contributed by atoms with E-state index in [1.807, 2.05) is 19.1 Å². The van der Waals surface area contributed by atoms with E-state index in [2.05, 4.69) is 56.1 Å². The average Bonchev–Trinajstić information content (AvgIpc) is 2.83. The van der Waals surface area contributed by atoms with Gasteiger partial charge in [-0.1, -0.05) is 74.7 Å². The van der Waals surface area contributed by atoms with Crippen LogP contribution in [-0.2, 0) is 20.7 Å². The van der Waals surface area contributed by atoms with Crippen LogP contribution in [-0.4, -0.2) is 40.1 Å². The second-order valence-electron chi connectivity index (χ2n) is 10.8. The second kappa shape index (κ2) is 11.6. The van der Waals surface area contributed by atoms with Gasteiger partial charge in [0.1, 0.15) is 0 Å². The molecule has 2 atom stereocenters. The van der Waals surface area contributed by atoms with E-state index in [0.29, 0.717) is 11.8 Å². The predicted molar refractivity (Wildman–Crippen MR) is 136 cm³/mol. The van der Waals surface area contributed by atoms with Gasteiger partial charge >= 0.3 is 0 Å². The lowest BCUT2D eigenvalue weighted by atomic mass is 9.77. The zero-order chi connectivity index (χ0) is 23.9. The molecule has 5 heteroatoms. The molecule has 1 aliphatic rings. The third kappa shape index (κ3) is 8.55. The Balaban J connectivity index is 1.64. The summed E-state index contributed by atoms with van der Waals surface area (Å²) in [7, 11) is -1.49. The largest absolute Gasteiger partial charge is 0.306 e. The first-order chi connectivity index (χ1) is 15.6. The Bertz CT molecular complexity index is 954. The molecule has 0 N–H and O–H groups in total. The van der Waals surface area contributed by atoms with Crippen molar-refractivity contribution < 1.29 is 12.6 Å². The van der Waals surface area contributed by atoms with Crippen molar-refractivity contribution in [1.82, 2.24) is 4.90 Å². The summed E-state index contributed by atoms with van der Waals surface area (Å²) < 4.78 is 30.9. The van der Waals surface area contributed by atoms with Crippen molar-refractivity contribution in [2.24, 2.45) is 17.3 Å². The van der Waals surface area contributed by atoms with E-state index in [1.54, 1.807) is 12.1 Å². The van der Waals surface area contributed by atoms with Crippen molar-refractivity contribution in [2.75, 3.05) is 26.7 Å². The molecule has 2 aromatic carbocycles. The van der Waals surface area contributed by atoms with Crippen molar-refractivity contribution in [3.8, 4) is 0 Å². The molecule has 1 heterocycles. The Labute approximate surface area is 201 Å². The number of aryl methyl sites for hydroxylation is 1. The van der Waals surface area contributed by atoms with Crippen molar-refractivity contribution in [2.45, 2.75) is 64.2 Å². The third-order valence-electron chi connectivity index (χ3n) is 6.76. The summed E-state index contributed by atoms with van der Waals surface area (Å²) in [5.41, 5.74) is 2.23. The van der Waals surface area contributed by atoms with Crippen LogP contribution in [0.25, 0.3) is 0 Å². The number of nitrogens with zero attached hydrogens (tertiary/aromatic N) is 1. The predicted octanol–water partition coefficient (Wildman–Crippen LogP) is 6.10. The van der Waals surface area contributed by atoms with E-state index in [1.165, 1.54) is 31.2 Å². The lowest BCUT2D eigenvalue weighted by Gasteiger charge is -2.32. The van der Waals surface area contributed by atoms with Gasteiger partial charge in [0.25, 0.3) is 10.1 Å². The normalized spacial score (nSPS) is 21.2. The number of rotatable bonds is 8. The molecular weight excluding hydrogens is 430 g/mol. The van der Waals surface area contributed by atoms with Crippen LogP contribution in [0.1, 0.15) is 57.1 Å². The Morgan fingerprint density at radius 1 is 1.00 bits per heavy atom. The van der Waals surface area contributed by atoms with Gasteiger partial charge in [-0.05, 0) is 81.1 Å². The Hall–Kier alpha value is -1.69. The summed E-state index contributed by atoms with van der Waals surface area (Å²) in [6.45, 7) is 8.71. The van der Waals surface area contributed by atoms with Crippen LogP contribution >= 0.6 is 0 Å². The summed E-state index contributed by atoms with van der Waals surface area (Å²) >= 11 is 0. The SMILES string of the molecule is Cc1ccc(S(=O)(=O)OCC(C)(C)CC2CCCCN(C)CC(Cc3ccccc3)C2)cc1. The van der Waals surface area contributed by atoms with Gasteiger partial charge in [-0.15, -0.1) is 0 Å². The van der Waals surface area contributed by atoms with E-state index in [-0.39, 0.29) is 16.9 Å². The van der Waals surface area contributed by atoms with Crippen LogP contribution in [0, 0.1) is 24.2 Å². The van der Waals surface area contributed by atoms with Gasteiger partial charge in [0, 0.05) is 6.54 Å². The smallest absolute Gasteiger partial charge is 0.296 e. The fraction of sp³-hybridized carbons (Fsp3) is 0.571. The van der Waals surface area contributed by atoms with Crippen LogP contribution in [0.2, 0.25) is 0 Å². The fourth-order valence-corrected chi connectivity index (χ4v) is 6.22. The Morgan fingerprint density at radius 3 is 2.39 bits per heavy atom. The van der Waals surface area contributed by atoms with E-state index >= 15 is 0 Å². The lowest BCUT2D eigenvalue weighted by molar-refractivity contribution is 0.137. The van der Waals surface area contributed by atoms with Crippen molar-refractivity contribution >= 4 is 10.1 Å². The minimum Gasteiger partial charge on any atom is -0.306 e. The van der Waals surface area contributed by atoms with Crippen LogP contribution in [0.15, 0.2) is 59.5 Å². The summed E-state index contributed by atoms with van der Waals surface area (Å²) in [4.78, 5) is 2.72. The molecule has 4 nitrogen and oxygen atoms in total. The Morgan fingerprint density at radius 2 is 1.70 bits per heavy atom. The van der Waals surface area contributed by atoms with Crippen LogP contribution in [0.4, 0.5) is 0 Å². The third-order valence-corrected chi connectivity index (χ3v) is 8.04. The van der Waals surface area contributed by atoms with Gasteiger partial charge in [0.05, 0.1) is 11.5 Å². The molecule has 1 fully saturated rings. The van der Waals surface area contributed by atoms with E-state index in [9.17, 15) is 8.42 Å². The molecule has 0 saturated carbocycles. The van der Waals surface area contributed by atoms with Crippen molar-refractivity contribution in [3.05, 3.63) is 65.7 Å². The van der Waals surface area contributed by atoms with E-state index in [0.717, 1.165) is 31.5 Å². The fourth-order valence-electron chi connectivity index (χ4n) is 5.14. The average molecular weight is 472 g/mol. The Kier molecular flexibility index (Phi) is 9.14. The van der Waals surface area contributed by atoms with E-state index in [4.69, 9.17) is 4.18 Å². The molecule has 33 heavy (non-hydrogen) atoms. The highest BCUT2D eigenvalue weighted by Crippen LogP contribution is 2.35. The highest BCUT2D eigenvalue weighted by Gasteiger charge is 2.29. The molecule has 0 aromatic heterocycles. The molecule has 0 amide bonds. The molecule has 0 spiro atoms. The number of hydrogen-bond acceptors (Lipinski definition) is 4. The maximum Gasteiger partial charge on any atom is 0.296 e. The quantitative estimate of drug-likeness (QED) is 0.437. The molecule has 0 aliphatic carbocycles. The molecule has 0 bridgehead atoms. The molecule has 1 aliphatic heterocycles. The minimum absolute atomic E-state index is 0.209.